The first-order valence-corrected chi connectivity index (χ1v) is 10.3. The number of ether oxygens (including phenoxy) is 1. The fourth-order valence-electron chi connectivity index (χ4n) is 4.31. The molecule has 0 fully saturated rings. The quantitative estimate of drug-likeness (QED) is 0.486. The number of aromatic nitrogens is 6. The fraction of sp³-hybridized carbons (Fsp3) is 0.217. The molecular weight excluding hydrogens is 390 g/mol. The Morgan fingerprint density at radius 2 is 2.06 bits per heavy atom. The van der Waals surface area contributed by atoms with Gasteiger partial charge in [0.05, 0.1) is 35.8 Å². The smallest absolute Gasteiger partial charge is 0.164 e. The van der Waals surface area contributed by atoms with Gasteiger partial charge in [0.1, 0.15) is 11.4 Å². The van der Waals surface area contributed by atoms with Crippen LogP contribution in [0.2, 0.25) is 0 Å². The third-order valence-corrected chi connectivity index (χ3v) is 5.88. The van der Waals surface area contributed by atoms with Gasteiger partial charge in [0.15, 0.2) is 5.65 Å². The number of nitrogens with one attached hydrogen (secondary N) is 1. The topological polar surface area (TPSA) is 82.2 Å². The highest BCUT2D eigenvalue weighted by Crippen LogP contribution is 2.35. The number of benzene rings is 1. The van der Waals surface area contributed by atoms with Crippen LogP contribution in [0.5, 0.6) is 5.75 Å². The van der Waals surface area contributed by atoms with Crippen LogP contribution in [0, 0.1) is 6.92 Å². The van der Waals surface area contributed by atoms with Gasteiger partial charge in [-0.1, -0.05) is 0 Å². The summed E-state index contributed by atoms with van der Waals surface area (Å²) in [6.45, 7) is 2.99. The molecule has 0 amide bonds. The number of pyridine rings is 1. The summed E-state index contributed by atoms with van der Waals surface area (Å²) in [7, 11) is 1.70. The van der Waals surface area contributed by atoms with Crippen LogP contribution in [0.25, 0.3) is 33.5 Å². The van der Waals surface area contributed by atoms with Gasteiger partial charge in [0, 0.05) is 42.3 Å². The number of hydrogen-bond donors (Lipinski definition) is 1. The molecule has 4 aromatic heterocycles. The Balaban J connectivity index is 1.57. The molecule has 1 aromatic carbocycles. The Kier molecular flexibility index (Phi) is 3.92. The van der Waals surface area contributed by atoms with Crippen LogP contribution in [0.3, 0.4) is 0 Å². The summed E-state index contributed by atoms with van der Waals surface area (Å²) in [5, 5.41) is 13.7. The molecule has 154 valence electrons. The zero-order chi connectivity index (χ0) is 20.9. The van der Waals surface area contributed by atoms with Crippen LogP contribution < -0.4 is 10.1 Å². The highest BCUT2D eigenvalue weighted by atomic mass is 16.5. The first kappa shape index (κ1) is 17.9. The van der Waals surface area contributed by atoms with Gasteiger partial charge >= 0.3 is 0 Å². The van der Waals surface area contributed by atoms with E-state index < -0.39 is 0 Å². The average Bonchev–Trinajstić information content (AvgIpc) is 3.39. The molecule has 5 aromatic rings. The fourth-order valence-corrected chi connectivity index (χ4v) is 4.31. The molecule has 5 heterocycles. The molecule has 1 aliphatic rings. The van der Waals surface area contributed by atoms with Crippen LogP contribution in [0.15, 0.2) is 49.1 Å². The highest BCUT2D eigenvalue weighted by molar-refractivity contribution is 5.88. The predicted octanol–water partition coefficient (Wildman–Crippen LogP) is 3.81. The molecule has 0 saturated carbocycles. The lowest BCUT2D eigenvalue weighted by atomic mass is 10.0. The Labute approximate surface area is 178 Å². The second kappa shape index (κ2) is 6.80. The SMILES string of the molecule is COc1cc2c(cc1-n1nc(C)c3cnc(-c4cnn5cccnc45)cc31)CCCN2. The van der Waals surface area contributed by atoms with Gasteiger partial charge in [-0.05, 0) is 43.5 Å². The number of methoxy groups -OCH3 is 1. The van der Waals surface area contributed by atoms with Crippen LogP contribution in [0.1, 0.15) is 17.7 Å². The molecule has 0 radical (unpaired) electrons. The van der Waals surface area contributed by atoms with E-state index in [2.05, 4.69) is 33.6 Å². The molecule has 1 aliphatic heterocycles. The van der Waals surface area contributed by atoms with E-state index in [1.165, 1.54) is 5.56 Å². The van der Waals surface area contributed by atoms with Crippen molar-refractivity contribution in [2.75, 3.05) is 19.0 Å². The Morgan fingerprint density at radius 1 is 1.13 bits per heavy atom. The standard InChI is InChI=1S/C23H21N7O/c1-14-16-12-26-19(17-13-27-29-8-4-7-25-23(17)29)10-20(16)30(28-14)21-9-15-5-3-6-24-18(15)11-22(21)31-2/h4,7-13,24H,3,5-6H2,1-2H3. The molecule has 31 heavy (non-hydrogen) atoms. The lowest BCUT2D eigenvalue weighted by Gasteiger charge is -2.21. The van der Waals surface area contributed by atoms with Crippen LogP contribution in [-0.2, 0) is 6.42 Å². The zero-order valence-electron chi connectivity index (χ0n) is 17.3. The minimum atomic E-state index is 0.773. The lowest BCUT2D eigenvalue weighted by molar-refractivity contribution is 0.412. The van der Waals surface area contributed by atoms with Crippen LogP contribution >= 0.6 is 0 Å². The summed E-state index contributed by atoms with van der Waals surface area (Å²) >= 11 is 0. The van der Waals surface area contributed by atoms with Gasteiger partial charge < -0.3 is 10.1 Å². The maximum Gasteiger partial charge on any atom is 0.164 e. The van der Waals surface area contributed by atoms with E-state index in [1.54, 1.807) is 24.0 Å². The number of hydrogen-bond acceptors (Lipinski definition) is 6. The van der Waals surface area contributed by atoms with Gasteiger partial charge in [-0.25, -0.2) is 14.2 Å². The third kappa shape index (κ3) is 2.75. The maximum atomic E-state index is 5.74. The van der Waals surface area contributed by atoms with Gasteiger partial charge in [0.2, 0.25) is 0 Å². The summed E-state index contributed by atoms with van der Waals surface area (Å²) < 4.78 is 9.46. The van der Waals surface area contributed by atoms with Crippen molar-refractivity contribution in [2.24, 2.45) is 0 Å². The van der Waals surface area contributed by atoms with Crippen molar-refractivity contribution in [2.45, 2.75) is 19.8 Å². The highest BCUT2D eigenvalue weighted by Gasteiger charge is 2.19. The van der Waals surface area contributed by atoms with Crippen LogP contribution in [-0.4, -0.2) is 43.0 Å². The Hall–Kier alpha value is -3.94. The van der Waals surface area contributed by atoms with E-state index in [1.807, 2.05) is 30.1 Å². The van der Waals surface area contributed by atoms with E-state index in [4.69, 9.17) is 14.8 Å². The van der Waals surface area contributed by atoms with Gasteiger partial charge in [0.25, 0.3) is 0 Å². The first-order chi connectivity index (χ1) is 15.2. The van der Waals surface area contributed by atoms with Crippen molar-refractivity contribution in [3.8, 4) is 22.7 Å². The van der Waals surface area contributed by atoms with E-state index in [0.717, 1.165) is 70.0 Å². The number of nitrogens with zero attached hydrogens (tertiary/aromatic N) is 6. The number of rotatable bonds is 3. The minimum Gasteiger partial charge on any atom is -0.494 e. The molecule has 0 unspecified atom stereocenters. The van der Waals surface area contributed by atoms with Crippen molar-refractivity contribution in [1.29, 1.82) is 0 Å². The molecule has 0 atom stereocenters. The van der Waals surface area contributed by atoms with E-state index >= 15 is 0 Å². The summed E-state index contributed by atoms with van der Waals surface area (Å²) in [5.41, 5.74) is 7.71. The lowest BCUT2D eigenvalue weighted by Crippen LogP contribution is -2.13. The zero-order valence-corrected chi connectivity index (χ0v) is 17.3. The van der Waals surface area contributed by atoms with Crippen molar-refractivity contribution < 1.29 is 4.74 Å². The van der Waals surface area contributed by atoms with E-state index in [-0.39, 0.29) is 0 Å². The van der Waals surface area contributed by atoms with Crippen molar-refractivity contribution in [3.05, 3.63) is 60.3 Å². The van der Waals surface area contributed by atoms with Crippen molar-refractivity contribution in [3.63, 3.8) is 0 Å². The number of aryl methyl sites for hydroxylation is 2. The van der Waals surface area contributed by atoms with Crippen LogP contribution in [0.4, 0.5) is 5.69 Å². The number of anilines is 1. The summed E-state index contributed by atoms with van der Waals surface area (Å²) in [4.78, 5) is 9.16. The van der Waals surface area contributed by atoms with Gasteiger partial charge in [-0.15, -0.1) is 0 Å². The van der Waals surface area contributed by atoms with Crippen molar-refractivity contribution in [1.82, 2.24) is 29.4 Å². The van der Waals surface area contributed by atoms with E-state index in [0.29, 0.717) is 0 Å². The Bertz CT molecular complexity index is 1450. The summed E-state index contributed by atoms with van der Waals surface area (Å²) in [6.07, 6.45) is 9.48. The summed E-state index contributed by atoms with van der Waals surface area (Å²) in [6, 6.07) is 8.17. The number of fused-ring (bicyclic) bond motifs is 3. The maximum absolute atomic E-state index is 5.74. The second-order valence-corrected chi connectivity index (χ2v) is 7.74. The molecule has 0 saturated heterocycles. The van der Waals surface area contributed by atoms with Gasteiger partial charge in [-0.3, -0.25) is 4.98 Å². The first-order valence-electron chi connectivity index (χ1n) is 10.3. The van der Waals surface area contributed by atoms with Gasteiger partial charge in [-0.2, -0.15) is 10.2 Å². The van der Waals surface area contributed by atoms with Crippen molar-refractivity contribution >= 4 is 22.2 Å². The third-order valence-electron chi connectivity index (χ3n) is 5.88. The summed E-state index contributed by atoms with van der Waals surface area (Å²) in [5.74, 6) is 0.786. The normalized spacial score (nSPS) is 13.4. The molecule has 1 N–H and O–H groups in total. The average molecular weight is 411 g/mol. The Morgan fingerprint density at radius 3 is 2.97 bits per heavy atom. The molecule has 0 aliphatic carbocycles. The molecule has 0 spiro atoms. The second-order valence-electron chi connectivity index (χ2n) is 7.74. The predicted molar refractivity (Wildman–Crippen MR) is 119 cm³/mol. The molecule has 0 bridgehead atoms. The minimum absolute atomic E-state index is 0.773. The monoisotopic (exact) mass is 411 g/mol. The molecule has 6 rings (SSSR count). The molecule has 8 nitrogen and oxygen atoms in total. The largest absolute Gasteiger partial charge is 0.494 e. The molecule has 8 heteroatoms. The van der Waals surface area contributed by atoms with E-state index in [9.17, 15) is 0 Å². The molecular formula is C23H21N7O.